The molecule has 0 aromatic heterocycles. The van der Waals surface area contributed by atoms with Gasteiger partial charge in [-0.1, -0.05) is 17.7 Å². The highest BCUT2D eigenvalue weighted by Crippen LogP contribution is 2.42. The number of esters is 2. The Hall–Kier alpha value is -2.63. The fraction of sp³-hybridized carbons (Fsp3) is 0.450. The molecule has 0 bridgehead atoms. The zero-order valence-corrected chi connectivity index (χ0v) is 15.5. The molecule has 1 aliphatic carbocycles. The van der Waals surface area contributed by atoms with Gasteiger partial charge in [0, 0.05) is 5.92 Å². The second kappa shape index (κ2) is 8.65. The monoisotopic (exact) mass is 360 g/mol. The molecule has 0 radical (unpaired) electrons. The molecule has 1 aromatic rings. The van der Waals surface area contributed by atoms with Crippen LogP contribution in [-0.4, -0.2) is 38.0 Å². The topological polar surface area (TPSA) is 78.9 Å². The number of ketones is 1. The van der Waals surface area contributed by atoms with Crippen LogP contribution in [0, 0.1) is 11.8 Å². The maximum Gasteiger partial charge on any atom is 0.317 e. The van der Waals surface area contributed by atoms with Crippen LogP contribution in [0.15, 0.2) is 35.9 Å². The van der Waals surface area contributed by atoms with Crippen LogP contribution in [0.1, 0.15) is 32.3 Å². The Balaban J connectivity index is 2.55. The van der Waals surface area contributed by atoms with E-state index in [-0.39, 0.29) is 19.0 Å². The molecule has 1 aliphatic rings. The zero-order chi connectivity index (χ0) is 19.3. The van der Waals surface area contributed by atoms with Crippen molar-refractivity contribution in [1.82, 2.24) is 0 Å². The van der Waals surface area contributed by atoms with E-state index in [9.17, 15) is 14.4 Å². The number of rotatable bonds is 6. The van der Waals surface area contributed by atoms with Crippen LogP contribution in [-0.2, 0) is 23.9 Å². The first-order chi connectivity index (χ1) is 12.4. The highest BCUT2D eigenvalue weighted by atomic mass is 16.5. The fourth-order valence-corrected chi connectivity index (χ4v) is 3.33. The summed E-state index contributed by atoms with van der Waals surface area (Å²) in [5.41, 5.74) is 1.26. The Morgan fingerprint density at radius 1 is 0.962 bits per heavy atom. The summed E-state index contributed by atoms with van der Waals surface area (Å²) in [4.78, 5) is 37.7. The molecule has 0 saturated heterocycles. The lowest BCUT2D eigenvalue weighted by molar-refractivity contribution is -0.155. The SMILES string of the molecule is CCOC(=O)[C@@H]1C(C)=CC(=O)[C@@H](C(=O)OCC)[C@@H]1c1ccc(OC)cc1. The molecule has 1 aromatic carbocycles. The Labute approximate surface area is 153 Å². The molecule has 2 rings (SSSR count). The molecule has 26 heavy (non-hydrogen) atoms. The number of methoxy groups -OCH3 is 1. The van der Waals surface area contributed by atoms with Gasteiger partial charge in [0.2, 0.25) is 0 Å². The summed E-state index contributed by atoms with van der Waals surface area (Å²) < 4.78 is 15.5. The Morgan fingerprint density at radius 3 is 2.00 bits per heavy atom. The van der Waals surface area contributed by atoms with Crippen LogP contribution < -0.4 is 4.74 Å². The van der Waals surface area contributed by atoms with Crippen molar-refractivity contribution in [3.8, 4) is 5.75 Å². The van der Waals surface area contributed by atoms with Gasteiger partial charge in [-0.2, -0.15) is 0 Å². The lowest BCUT2D eigenvalue weighted by Crippen LogP contribution is -2.41. The van der Waals surface area contributed by atoms with E-state index in [0.717, 1.165) is 0 Å². The van der Waals surface area contributed by atoms with Crippen molar-refractivity contribution in [2.75, 3.05) is 20.3 Å². The van der Waals surface area contributed by atoms with Gasteiger partial charge in [-0.15, -0.1) is 0 Å². The van der Waals surface area contributed by atoms with Gasteiger partial charge in [0.15, 0.2) is 5.78 Å². The van der Waals surface area contributed by atoms with Crippen LogP contribution in [0.4, 0.5) is 0 Å². The number of ether oxygens (including phenoxy) is 3. The van der Waals surface area contributed by atoms with Gasteiger partial charge in [-0.3, -0.25) is 14.4 Å². The largest absolute Gasteiger partial charge is 0.497 e. The van der Waals surface area contributed by atoms with Crippen LogP contribution in [0.3, 0.4) is 0 Å². The first-order valence-electron chi connectivity index (χ1n) is 8.63. The predicted octanol–water partition coefficient (Wildman–Crippen LogP) is 2.67. The standard InChI is InChI=1S/C20H24O6/c1-5-25-19(22)16-12(3)11-15(21)18(20(23)26-6-2)17(16)13-7-9-14(24-4)10-8-13/h7-11,16-18H,5-6H2,1-4H3/t16-,17-,18-/m1/s1. The normalized spacial score (nSPS) is 22.4. The summed E-state index contributed by atoms with van der Waals surface area (Å²) in [5.74, 6) is -3.29. The van der Waals surface area contributed by atoms with E-state index in [2.05, 4.69) is 0 Å². The quantitative estimate of drug-likeness (QED) is 0.573. The number of hydrogen-bond acceptors (Lipinski definition) is 6. The Bertz CT molecular complexity index is 704. The van der Waals surface area contributed by atoms with Gasteiger partial charge in [-0.05, 0) is 44.5 Å². The molecule has 0 aliphatic heterocycles. The molecule has 0 saturated carbocycles. The fourth-order valence-electron chi connectivity index (χ4n) is 3.33. The summed E-state index contributed by atoms with van der Waals surface area (Å²) in [7, 11) is 1.55. The van der Waals surface area contributed by atoms with Gasteiger partial charge < -0.3 is 14.2 Å². The number of carbonyl (C=O) groups is 3. The van der Waals surface area contributed by atoms with E-state index in [0.29, 0.717) is 16.9 Å². The lowest BCUT2D eigenvalue weighted by atomic mass is 9.68. The summed E-state index contributed by atoms with van der Waals surface area (Å²) in [5, 5.41) is 0. The molecule has 0 N–H and O–H groups in total. The van der Waals surface area contributed by atoms with Crippen molar-refractivity contribution in [2.45, 2.75) is 26.7 Å². The van der Waals surface area contributed by atoms with Crippen molar-refractivity contribution in [3.05, 3.63) is 41.5 Å². The maximum absolute atomic E-state index is 12.6. The third-order valence-corrected chi connectivity index (χ3v) is 4.47. The van der Waals surface area contributed by atoms with E-state index in [4.69, 9.17) is 14.2 Å². The predicted molar refractivity (Wildman–Crippen MR) is 94.7 cm³/mol. The average molecular weight is 360 g/mol. The van der Waals surface area contributed by atoms with Crippen LogP contribution >= 0.6 is 0 Å². The molecule has 0 spiro atoms. The summed E-state index contributed by atoms with van der Waals surface area (Å²) >= 11 is 0. The molecule has 0 fully saturated rings. The van der Waals surface area contributed by atoms with Gasteiger partial charge in [0.05, 0.1) is 26.2 Å². The van der Waals surface area contributed by atoms with Crippen molar-refractivity contribution in [2.24, 2.45) is 11.8 Å². The highest BCUT2D eigenvalue weighted by molar-refractivity contribution is 6.08. The minimum absolute atomic E-state index is 0.157. The van der Waals surface area contributed by atoms with Gasteiger partial charge in [-0.25, -0.2) is 0 Å². The van der Waals surface area contributed by atoms with Crippen LogP contribution in [0.25, 0.3) is 0 Å². The molecular weight excluding hydrogens is 336 g/mol. The molecule has 0 amide bonds. The third-order valence-electron chi connectivity index (χ3n) is 4.47. The van der Waals surface area contributed by atoms with Gasteiger partial charge >= 0.3 is 11.9 Å². The van der Waals surface area contributed by atoms with Gasteiger partial charge in [0.25, 0.3) is 0 Å². The van der Waals surface area contributed by atoms with Crippen LogP contribution in [0.5, 0.6) is 5.75 Å². The van der Waals surface area contributed by atoms with Crippen molar-refractivity contribution in [1.29, 1.82) is 0 Å². The maximum atomic E-state index is 12.6. The second-order valence-corrected chi connectivity index (χ2v) is 6.05. The number of benzene rings is 1. The Kier molecular flexibility index (Phi) is 6.55. The third kappa shape index (κ3) is 3.95. The number of allylic oxidation sites excluding steroid dienone is 1. The van der Waals surface area contributed by atoms with E-state index in [1.165, 1.54) is 6.08 Å². The molecule has 3 atom stereocenters. The highest BCUT2D eigenvalue weighted by Gasteiger charge is 2.47. The van der Waals surface area contributed by atoms with E-state index in [1.54, 1.807) is 52.1 Å². The smallest absolute Gasteiger partial charge is 0.317 e. The number of hydrogen-bond donors (Lipinski definition) is 0. The molecule has 6 heteroatoms. The van der Waals surface area contributed by atoms with Crippen molar-refractivity contribution >= 4 is 17.7 Å². The van der Waals surface area contributed by atoms with Crippen molar-refractivity contribution < 1.29 is 28.6 Å². The zero-order valence-electron chi connectivity index (χ0n) is 15.5. The van der Waals surface area contributed by atoms with E-state index in [1.807, 2.05) is 0 Å². The summed E-state index contributed by atoms with van der Waals surface area (Å²) in [6, 6.07) is 6.98. The first kappa shape index (κ1) is 19.7. The first-order valence-corrected chi connectivity index (χ1v) is 8.63. The van der Waals surface area contributed by atoms with E-state index < -0.39 is 29.7 Å². The summed E-state index contributed by atoms with van der Waals surface area (Å²) in [6.07, 6.45) is 1.35. The van der Waals surface area contributed by atoms with Crippen molar-refractivity contribution in [3.63, 3.8) is 0 Å². The van der Waals surface area contributed by atoms with Gasteiger partial charge in [0.1, 0.15) is 11.7 Å². The molecule has 0 heterocycles. The minimum atomic E-state index is -1.08. The molecule has 6 nitrogen and oxygen atoms in total. The second-order valence-electron chi connectivity index (χ2n) is 6.05. The molecular formula is C20H24O6. The minimum Gasteiger partial charge on any atom is -0.497 e. The summed E-state index contributed by atoms with van der Waals surface area (Å²) in [6.45, 7) is 5.48. The average Bonchev–Trinajstić information content (AvgIpc) is 2.61. The molecule has 140 valence electrons. The van der Waals surface area contributed by atoms with E-state index >= 15 is 0 Å². The van der Waals surface area contributed by atoms with Crippen LogP contribution in [0.2, 0.25) is 0 Å². The molecule has 0 unspecified atom stereocenters. The number of carbonyl (C=O) groups excluding carboxylic acids is 3. The lowest BCUT2D eigenvalue weighted by Gasteiger charge is -2.34. The Morgan fingerprint density at radius 2 is 1.50 bits per heavy atom.